The molecule has 1 rings (SSSR count). The highest BCUT2D eigenvalue weighted by Gasteiger charge is 1.97. The molecule has 0 spiro atoms. The summed E-state index contributed by atoms with van der Waals surface area (Å²) >= 11 is 0. The lowest BCUT2D eigenvalue weighted by molar-refractivity contribution is 1.21. The van der Waals surface area contributed by atoms with Gasteiger partial charge in [0.15, 0.2) is 0 Å². The van der Waals surface area contributed by atoms with Crippen LogP contribution in [0.1, 0.15) is 12.5 Å². The predicted molar refractivity (Wildman–Crippen MR) is 49.7 cm³/mol. The van der Waals surface area contributed by atoms with Crippen molar-refractivity contribution in [3.05, 3.63) is 23.8 Å². The predicted octanol–water partition coefficient (Wildman–Crippen LogP) is 1.57. The van der Waals surface area contributed by atoms with E-state index < -0.39 is 0 Å². The molecule has 0 aliphatic carbocycles. The van der Waals surface area contributed by atoms with Crippen molar-refractivity contribution in [3.8, 4) is 6.07 Å². The van der Waals surface area contributed by atoms with E-state index in [1.807, 2.05) is 19.1 Å². The fourth-order valence-electron chi connectivity index (χ4n) is 0.979. The average molecular weight is 161 g/mol. The summed E-state index contributed by atoms with van der Waals surface area (Å²) in [7, 11) is 0. The average Bonchev–Trinajstić information content (AvgIpc) is 2.05. The Kier molecular flexibility index (Phi) is 2.54. The second kappa shape index (κ2) is 3.63. The third-order valence-electron chi connectivity index (χ3n) is 1.55. The monoisotopic (exact) mass is 161 g/mol. The van der Waals surface area contributed by atoms with Gasteiger partial charge in [-0.05, 0) is 25.1 Å². The number of nitrogens with zero attached hydrogens (tertiary/aromatic N) is 1. The van der Waals surface area contributed by atoms with Gasteiger partial charge in [-0.1, -0.05) is 0 Å². The molecule has 12 heavy (non-hydrogen) atoms. The number of nitrogens with one attached hydrogen (secondary N) is 1. The number of nitrogens with two attached hydrogens (primary N) is 1. The number of nitriles is 1. The van der Waals surface area contributed by atoms with Gasteiger partial charge < -0.3 is 11.1 Å². The van der Waals surface area contributed by atoms with Crippen molar-refractivity contribution in [1.82, 2.24) is 0 Å². The van der Waals surface area contributed by atoms with Crippen LogP contribution >= 0.6 is 0 Å². The number of rotatable bonds is 2. The minimum absolute atomic E-state index is 0.524. The first kappa shape index (κ1) is 8.41. The van der Waals surface area contributed by atoms with Gasteiger partial charge in [0.2, 0.25) is 0 Å². The topological polar surface area (TPSA) is 61.8 Å². The van der Waals surface area contributed by atoms with Crippen molar-refractivity contribution in [2.75, 3.05) is 17.6 Å². The Balaban J connectivity index is 2.96. The van der Waals surface area contributed by atoms with E-state index in [1.165, 1.54) is 0 Å². The van der Waals surface area contributed by atoms with Gasteiger partial charge in [-0.25, -0.2) is 0 Å². The first-order chi connectivity index (χ1) is 5.77. The molecule has 0 bridgehead atoms. The summed E-state index contributed by atoms with van der Waals surface area (Å²) < 4.78 is 0. The molecule has 0 radical (unpaired) electrons. The van der Waals surface area contributed by atoms with Crippen molar-refractivity contribution in [1.29, 1.82) is 5.26 Å². The molecule has 1 aromatic carbocycles. The summed E-state index contributed by atoms with van der Waals surface area (Å²) in [6, 6.07) is 7.34. The summed E-state index contributed by atoms with van der Waals surface area (Å²) in [6.45, 7) is 2.86. The minimum Gasteiger partial charge on any atom is -0.398 e. The van der Waals surface area contributed by atoms with Gasteiger partial charge in [0.25, 0.3) is 0 Å². The van der Waals surface area contributed by atoms with Crippen LogP contribution < -0.4 is 11.1 Å². The first-order valence-corrected chi connectivity index (χ1v) is 3.81. The molecular formula is C9H11N3. The second-order valence-corrected chi connectivity index (χ2v) is 2.44. The Bertz CT molecular complexity index is 312. The fraction of sp³-hybridized carbons (Fsp3) is 0.222. The molecule has 1 aromatic rings. The highest BCUT2D eigenvalue weighted by atomic mass is 14.9. The third kappa shape index (κ3) is 1.67. The van der Waals surface area contributed by atoms with E-state index in [1.54, 1.807) is 12.1 Å². The van der Waals surface area contributed by atoms with Crippen LogP contribution in [0.3, 0.4) is 0 Å². The van der Waals surface area contributed by atoms with E-state index in [0.29, 0.717) is 11.3 Å². The molecule has 0 saturated heterocycles. The molecule has 0 unspecified atom stereocenters. The molecule has 0 atom stereocenters. The van der Waals surface area contributed by atoms with Crippen molar-refractivity contribution in [2.45, 2.75) is 6.92 Å². The lowest BCUT2D eigenvalue weighted by atomic mass is 10.2. The minimum atomic E-state index is 0.524. The lowest BCUT2D eigenvalue weighted by Gasteiger charge is -2.04. The normalized spacial score (nSPS) is 9.00. The van der Waals surface area contributed by atoms with Crippen LogP contribution in [0.25, 0.3) is 0 Å². The maximum atomic E-state index is 8.59. The van der Waals surface area contributed by atoms with E-state index in [4.69, 9.17) is 11.0 Å². The number of benzene rings is 1. The summed E-state index contributed by atoms with van der Waals surface area (Å²) in [4.78, 5) is 0. The Morgan fingerprint density at radius 1 is 1.58 bits per heavy atom. The van der Waals surface area contributed by atoms with Crippen LogP contribution in [0, 0.1) is 11.3 Å². The molecule has 0 fully saturated rings. The van der Waals surface area contributed by atoms with Gasteiger partial charge in [0.05, 0.1) is 11.3 Å². The molecule has 0 aliphatic heterocycles. The molecule has 0 heterocycles. The van der Waals surface area contributed by atoms with Crippen LogP contribution in [0.2, 0.25) is 0 Å². The molecule has 3 N–H and O–H groups in total. The molecular weight excluding hydrogens is 150 g/mol. The van der Waals surface area contributed by atoms with E-state index in [9.17, 15) is 0 Å². The Hall–Kier alpha value is -1.69. The summed E-state index contributed by atoms with van der Waals surface area (Å²) in [5.41, 5.74) is 7.60. The van der Waals surface area contributed by atoms with Gasteiger partial charge in [0.1, 0.15) is 6.07 Å². The van der Waals surface area contributed by atoms with Gasteiger partial charge >= 0.3 is 0 Å². The molecule has 62 valence electrons. The molecule has 3 heteroatoms. The number of hydrogen-bond donors (Lipinski definition) is 2. The molecule has 3 nitrogen and oxygen atoms in total. The second-order valence-electron chi connectivity index (χ2n) is 2.44. The standard InChI is InChI=1S/C9H11N3/c1-2-12-8-4-3-7(6-10)9(11)5-8/h3-5,12H,2,11H2,1H3. The molecule has 0 aromatic heterocycles. The maximum absolute atomic E-state index is 8.59. The molecule has 0 saturated carbocycles. The Morgan fingerprint density at radius 2 is 2.33 bits per heavy atom. The van der Waals surface area contributed by atoms with Crippen molar-refractivity contribution in [2.24, 2.45) is 0 Å². The quantitative estimate of drug-likeness (QED) is 0.647. The van der Waals surface area contributed by atoms with Crippen molar-refractivity contribution >= 4 is 11.4 Å². The third-order valence-corrected chi connectivity index (χ3v) is 1.55. The SMILES string of the molecule is CCNc1ccc(C#N)c(N)c1. The van der Waals surface area contributed by atoms with Crippen LogP contribution in [0.4, 0.5) is 11.4 Å². The van der Waals surface area contributed by atoms with Gasteiger partial charge in [-0.15, -0.1) is 0 Å². The Labute approximate surface area is 71.8 Å². The number of hydrogen-bond acceptors (Lipinski definition) is 3. The van der Waals surface area contributed by atoms with Crippen molar-refractivity contribution < 1.29 is 0 Å². The van der Waals surface area contributed by atoms with Gasteiger partial charge in [-0.2, -0.15) is 5.26 Å². The highest BCUT2D eigenvalue weighted by Crippen LogP contribution is 2.16. The van der Waals surface area contributed by atoms with E-state index in [2.05, 4.69) is 5.32 Å². The van der Waals surface area contributed by atoms with Crippen LogP contribution in [-0.4, -0.2) is 6.54 Å². The van der Waals surface area contributed by atoms with Crippen molar-refractivity contribution in [3.63, 3.8) is 0 Å². The highest BCUT2D eigenvalue weighted by molar-refractivity contribution is 5.62. The van der Waals surface area contributed by atoms with Crippen LogP contribution in [0.5, 0.6) is 0 Å². The number of nitrogen functional groups attached to an aromatic ring is 1. The summed E-state index contributed by atoms with van der Waals surface area (Å²) in [6.07, 6.45) is 0. The fourth-order valence-corrected chi connectivity index (χ4v) is 0.979. The smallest absolute Gasteiger partial charge is 0.101 e. The summed E-state index contributed by atoms with van der Waals surface area (Å²) in [5, 5.41) is 11.7. The zero-order valence-corrected chi connectivity index (χ0v) is 6.96. The zero-order chi connectivity index (χ0) is 8.97. The number of anilines is 2. The molecule has 0 amide bonds. The largest absolute Gasteiger partial charge is 0.398 e. The van der Waals surface area contributed by atoms with E-state index in [0.717, 1.165) is 12.2 Å². The lowest BCUT2D eigenvalue weighted by Crippen LogP contribution is -1.98. The Morgan fingerprint density at radius 3 is 2.83 bits per heavy atom. The zero-order valence-electron chi connectivity index (χ0n) is 6.96. The van der Waals surface area contributed by atoms with E-state index in [-0.39, 0.29) is 0 Å². The summed E-state index contributed by atoms with van der Waals surface area (Å²) in [5.74, 6) is 0. The first-order valence-electron chi connectivity index (χ1n) is 3.81. The van der Waals surface area contributed by atoms with E-state index >= 15 is 0 Å². The van der Waals surface area contributed by atoms with Crippen LogP contribution in [-0.2, 0) is 0 Å². The van der Waals surface area contributed by atoms with Crippen LogP contribution in [0.15, 0.2) is 18.2 Å². The maximum Gasteiger partial charge on any atom is 0.101 e. The van der Waals surface area contributed by atoms with Gasteiger partial charge in [-0.3, -0.25) is 0 Å². The van der Waals surface area contributed by atoms with Gasteiger partial charge in [0, 0.05) is 12.2 Å². The molecule has 0 aliphatic rings.